The van der Waals surface area contributed by atoms with Crippen molar-refractivity contribution < 1.29 is 22.3 Å². The van der Waals surface area contributed by atoms with Gasteiger partial charge in [0.05, 0.1) is 20.5 Å². The molecule has 3 aromatic carbocycles. The predicted octanol–water partition coefficient (Wildman–Crippen LogP) is 6.38. The van der Waals surface area contributed by atoms with E-state index in [9.17, 15) is 23.3 Å². The summed E-state index contributed by atoms with van der Waals surface area (Å²) in [7, 11) is -4.31. The van der Waals surface area contributed by atoms with Crippen LogP contribution >= 0.6 is 47.2 Å². The lowest BCUT2D eigenvalue weighted by atomic mass is 10.2. The van der Waals surface area contributed by atoms with E-state index in [0.717, 1.165) is 17.8 Å². The van der Waals surface area contributed by atoms with Gasteiger partial charge in [-0.2, -0.15) is 8.42 Å². The van der Waals surface area contributed by atoms with E-state index in [1.165, 1.54) is 42.2 Å². The molecule has 0 N–H and O–H groups in total. The summed E-state index contributed by atoms with van der Waals surface area (Å²) >= 11 is 18.6. The van der Waals surface area contributed by atoms with Crippen LogP contribution in [0.3, 0.4) is 0 Å². The number of aryl methyl sites for hydroxylation is 1. The Morgan fingerprint density at radius 2 is 1.78 bits per heavy atom. The first-order valence-electron chi connectivity index (χ1n) is 9.99. The molecule has 184 valence electrons. The van der Waals surface area contributed by atoms with Crippen LogP contribution in [-0.2, 0) is 14.9 Å². The number of nitrogens with zero attached hydrogens (tertiary/aromatic N) is 2. The third-order valence-electron chi connectivity index (χ3n) is 4.99. The number of amides is 1. The highest BCUT2D eigenvalue weighted by Crippen LogP contribution is 2.39. The van der Waals surface area contributed by atoms with Crippen LogP contribution < -0.4 is 9.08 Å². The number of nitro benzene ring substituents is 1. The second kappa shape index (κ2) is 10.2. The van der Waals surface area contributed by atoms with Crippen molar-refractivity contribution in [2.45, 2.75) is 11.8 Å². The van der Waals surface area contributed by atoms with Gasteiger partial charge in [-0.05, 0) is 55.0 Å². The van der Waals surface area contributed by atoms with E-state index in [-0.39, 0.29) is 27.3 Å². The molecule has 0 unspecified atom stereocenters. The number of thioether (sulfide) groups is 1. The second-order valence-corrected chi connectivity index (χ2v) is 11.5. The fourth-order valence-corrected chi connectivity index (χ4v) is 5.95. The topological polar surface area (TPSA) is 107 Å². The molecule has 0 aliphatic carbocycles. The first kappa shape index (κ1) is 26.1. The van der Waals surface area contributed by atoms with Gasteiger partial charge in [0.25, 0.3) is 11.6 Å². The minimum Gasteiger partial charge on any atom is -0.379 e. The molecule has 1 saturated heterocycles. The van der Waals surface area contributed by atoms with Crippen molar-refractivity contribution in [1.82, 2.24) is 0 Å². The van der Waals surface area contributed by atoms with Crippen LogP contribution in [0.5, 0.6) is 5.75 Å². The molecule has 1 amide bonds. The highest BCUT2D eigenvalue weighted by atomic mass is 35.5. The molecule has 1 aliphatic rings. The van der Waals surface area contributed by atoms with Crippen molar-refractivity contribution in [2.24, 2.45) is 0 Å². The zero-order valence-electron chi connectivity index (χ0n) is 18.2. The number of carbonyl (C=O) groups is 1. The first-order chi connectivity index (χ1) is 17.0. The molecule has 0 spiro atoms. The van der Waals surface area contributed by atoms with Gasteiger partial charge in [-0.25, -0.2) is 0 Å². The third-order valence-corrected chi connectivity index (χ3v) is 8.08. The van der Waals surface area contributed by atoms with Gasteiger partial charge in [0, 0.05) is 16.7 Å². The number of benzene rings is 3. The van der Waals surface area contributed by atoms with Crippen molar-refractivity contribution >= 4 is 85.0 Å². The van der Waals surface area contributed by atoms with Crippen LogP contribution in [0.4, 0.5) is 11.4 Å². The van der Waals surface area contributed by atoms with Crippen LogP contribution in [0.25, 0.3) is 6.08 Å². The summed E-state index contributed by atoms with van der Waals surface area (Å²) in [6.07, 6.45) is 1.60. The lowest BCUT2D eigenvalue weighted by Crippen LogP contribution is -2.27. The molecule has 8 nitrogen and oxygen atoms in total. The second-order valence-electron chi connectivity index (χ2n) is 7.42. The summed E-state index contributed by atoms with van der Waals surface area (Å²) in [5, 5.41) is 11.8. The SMILES string of the molecule is Cc1ccc(S(=O)(=O)Oc2ccc(/C=C3/SC(=S)N(c4ccc(Cl)cc4Cl)C3=O)cc2)cc1[N+](=O)[O-]. The summed E-state index contributed by atoms with van der Waals surface area (Å²) in [5.74, 6) is -0.367. The van der Waals surface area contributed by atoms with E-state index in [0.29, 0.717) is 31.1 Å². The van der Waals surface area contributed by atoms with Gasteiger partial charge in [0.15, 0.2) is 4.32 Å². The molecule has 0 atom stereocenters. The Bertz CT molecular complexity index is 1560. The molecule has 0 saturated carbocycles. The summed E-state index contributed by atoms with van der Waals surface area (Å²) < 4.78 is 30.6. The molecule has 0 radical (unpaired) electrons. The Kier molecular flexibility index (Phi) is 7.39. The molecular formula is C23H14Cl2N2O6S3. The highest BCUT2D eigenvalue weighted by Gasteiger charge is 2.34. The Hall–Kier alpha value is -2.96. The first-order valence-corrected chi connectivity index (χ1v) is 13.4. The summed E-state index contributed by atoms with van der Waals surface area (Å²) in [6, 6.07) is 14.2. The molecule has 36 heavy (non-hydrogen) atoms. The van der Waals surface area contributed by atoms with E-state index < -0.39 is 15.0 Å². The monoisotopic (exact) mass is 580 g/mol. The Labute approximate surface area is 225 Å². The van der Waals surface area contributed by atoms with Gasteiger partial charge < -0.3 is 4.18 Å². The molecule has 4 rings (SSSR count). The van der Waals surface area contributed by atoms with E-state index in [2.05, 4.69) is 0 Å². The van der Waals surface area contributed by atoms with Crippen LogP contribution in [-0.4, -0.2) is 23.6 Å². The average Bonchev–Trinajstić information content (AvgIpc) is 3.07. The lowest BCUT2D eigenvalue weighted by Gasteiger charge is -2.16. The van der Waals surface area contributed by atoms with Gasteiger partial charge in [-0.1, -0.05) is 65.4 Å². The number of hydrogen-bond acceptors (Lipinski definition) is 8. The van der Waals surface area contributed by atoms with E-state index >= 15 is 0 Å². The lowest BCUT2D eigenvalue weighted by molar-refractivity contribution is -0.385. The van der Waals surface area contributed by atoms with Crippen molar-refractivity contribution in [3.05, 3.63) is 96.9 Å². The molecule has 1 fully saturated rings. The molecule has 0 bridgehead atoms. The summed E-state index contributed by atoms with van der Waals surface area (Å²) in [4.78, 5) is 24.8. The van der Waals surface area contributed by atoms with Gasteiger partial charge in [-0.15, -0.1) is 0 Å². The minimum atomic E-state index is -4.31. The van der Waals surface area contributed by atoms with Gasteiger partial charge >= 0.3 is 10.1 Å². The fourth-order valence-electron chi connectivity index (χ4n) is 3.23. The number of nitro groups is 1. The third kappa shape index (κ3) is 5.40. The van der Waals surface area contributed by atoms with Crippen molar-refractivity contribution in [3.63, 3.8) is 0 Å². The molecule has 1 heterocycles. The quantitative estimate of drug-likeness (QED) is 0.109. The highest BCUT2D eigenvalue weighted by molar-refractivity contribution is 8.27. The fraction of sp³-hybridized carbons (Fsp3) is 0.0435. The normalized spacial score (nSPS) is 15.0. The molecule has 3 aromatic rings. The molecular weight excluding hydrogens is 567 g/mol. The van der Waals surface area contributed by atoms with Gasteiger partial charge in [0.2, 0.25) is 0 Å². The van der Waals surface area contributed by atoms with Crippen molar-refractivity contribution in [3.8, 4) is 5.75 Å². The number of rotatable bonds is 6. The minimum absolute atomic E-state index is 0.00382. The smallest absolute Gasteiger partial charge is 0.339 e. The van der Waals surface area contributed by atoms with Crippen LogP contribution in [0.15, 0.2) is 70.5 Å². The van der Waals surface area contributed by atoms with Crippen LogP contribution in [0.1, 0.15) is 11.1 Å². The largest absolute Gasteiger partial charge is 0.379 e. The number of anilines is 1. The summed E-state index contributed by atoms with van der Waals surface area (Å²) in [5.41, 5.74) is 1.00. The molecule has 0 aromatic heterocycles. The number of halogens is 2. The Morgan fingerprint density at radius 1 is 1.08 bits per heavy atom. The molecule has 1 aliphatic heterocycles. The maximum Gasteiger partial charge on any atom is 0.339 e. The number of thiocarbonyl (C=S) groups is 1. The van der Waals surface area contributed by atoms with E-state index in [1.54, 1.807) is 30.3 Å². The Morgan fingerprint density at radius 3 is 2.42 bits per heavy atom. The van der Waals surface area contributed by atoms with Gasteiger partial charge in [0.1, 0.15) is 10.6 Å². The maximum absolute atomic E-state index is 13.0. The van der Waals surface area contributed by atoms with Crippen LogP contribution in [0, 0.1) is 17.0 Å². The summed E-state index contributed by atoms with van der Waals surface area (Å²) in [6.45, 7) is 1.51. The average molecular weight is 581 g/mol. The van der Waals surface area contributed by atoms with Gasteiger partial charge in [-0.3, -0.25) is 19.8 Å². The zero-order chi connectivity index (χ0) is 26.2. The number of carbonyl (C=O) groups excluding carboxylic acids is 1. The molecule has 13 heteroatoms. The van der Waals surface area contributed by atoms with Crippen molar-refractivity contribution in [1.29, 1.82) is 0 Å². The standard InChI is InChI=1S/C23H14Cl2N2O6S3/c1-13-2-8-17(12-20(13)27(29)30)36(31,32)33-16-6-3-14(4-7-16)10-21-22(28)26(23(34)35-21)19-9-5-15(24)11-18(19)25/h2-12H,1H3/b21-10+. The number of hydrogen-bond donors (Lipinski definition) is 0. The predicted molar refractivity (Wildman–Crippen MR) is 144 cm³/mol. The van der Waals surface area contributed by atoms with Crippen LogP contribution in [0.2, 0.25) is 10.0 Å². The zero-order valence-corrected chi connectivity index (χ0v) is 22.1. The van der Waals surface area contributed by atoms with Crippen molar-refractivity contribution in [2.75, 3.05) is 4.90 Å². The van der Waals surface area contributed by atoms with E-state index in [1.807, 2.05) is 0 Å². The maximum atomic E-state index is 13.0. The Balaban J connectivity index is 1.53. The van der Waals surface area contributed by atoms with E-state index in [4.69, 9.17) is 39.6 Å².